The van der Waals surface area contributed by atoms with Crippen molar-refractivity contribution in [2.75, 3.05) is 0 Å². The Morgan fingerprint density at radius 2 is 1.24 bits per heavy atom. The molecular weight excluding hydrogens is 210 g/mol. The quantitative estimate of drug-likeness (QED) is 0.616. The molecule has 0 heterocycles. The topological polar surface area (TPSA) is 20.3 Å². The Hall–Kier alpha value is -0.530. The molecule has 1 amide bonds. The van der Waals surface area contributed by atoms with Crippen molar-refractivity contribution >= 4 is 6.41 Å². The van der Waals surface area contributed by atoms with Crippen LogP contribution in [-0.2, 0) is 4.79 Å². The summed E-state index contributed by atoms with van der Waals surface area (Å²) in [6.45, 7) is 17.4. The highest BCUT2D eigenvalue weighted by Gasteiger charge is 2.44. The van der Waals surface area contributed by atoms with Gasteiger partial charge in [0.2, 0.25) is 0 Å². The molecule has 0 aromatic heterocycles. The number of hydrogen-bond donors (Lipinski definition) is 0. The molecule has 0 saturated carbocycles. The first-order valence-corrected chi connectivity index (χ1v) is 6.88. The van der Waals surface area contributed by atoms with E-state index in [0.29, 0.717) is 11.8 Å². The van der Waals surface area contributed by atoms with E-state index in [1.54, 1.807) is 0 Å². The van der Waals surface area contributed by atoms with Gasteiger partial charge < -0.3 is 4.90 Å². The molecule has 0 aliphatic heterocycles. The van der Waals surface area contributed by atoms with Crippen molar-refractivity contribution in [3.63, 3.8) is 0 Å². The number of rotatable bonds is 7. The second kappa shape index (κ2) is 5.88. The van der Waals surface area contributed by atoms with E-state index < -0.39 is 0 Å². The van der Waals surface area contributed by atoms with E-state index in [-0.39, 0.29) is 11.1 Å². The molecule has 2 nitrogen and oxygen atoms in total. The van der Waals surface area contributed by atoms with Gasteiger partial charge in [0.25, 0.3) is 0 Å². The van der Waals surface area contributed by atoms with E-state index in [4.69, 9.17) is 0 Å². The Labute approximate surface area is 108 Å². The molecule has 0 aliphatic rings. The molecule has 0 rings (SSSR count). The van der Waals surface area contributed by atoms with Gasteiger partial charge in [0, 0.05) is 11.1 Å². The molecule has 0 bridgehead atoms. The van der Waals surface area contributed by atoms with Gasteiger partial charge >= 0.3 is 6.41 Å². The highest BCUT2D eigenvalue weighted by atomic mass is 16.1. The van der Waals surface area contributed by atoms with Crippen LogP contribution in [0.1, 0.15) is 68.2 Å². The smallest absolute Gasteiger partial charge is 0.313 e. The molecular formula is C15H30NO. The third-order valence-corrected chi connectivity index (χ3v) is 5.03. The van der Waals surface area contributed by atoms with Crippen LogP contribution in [0.4, 0.5) is 0 Å². The fourth-order valence-electron chi connectivity index (χ4n) is 2.44. The minimum Gasteiger partial charge on any atom is -0.323 e. The summed E-state index contributed by atoms with van der Waals surface area (Å²) in [5.74, 6) is 0.858. The summed E-state index contributed by atoms with van der Waals surface area (Å²) in [6.07, 6.45) is 4.15. The fourth-order valence-corrected chi connectivity index (χ4v) is 2.44. The molecule has 101 valence electrons. The third kappa shape index (κ3) is 2.83. The number of carbonyl (C=O) groups excluding carboxylic acids is 1. The number of amides is 1. The maximum atomic E-state index is 11.5. The lowest BCUT2D eigenvalue weighted by molar-refractivity contribution is 0.000889. The highest BCUT2D eigenvalue weighted by molar-refractivity contribution is 5.52. The molecule has 0 aromatic carbocycles. The Bertz CT molecular complexity index is 227. The van der Waals surface area contributed by atoms with Crippen molar-refractivity contribution in [2.45, 2.75) is 79.3 Å². The number of hydrogen-bond acceptors (Lipinski definition) is 1. The SMILES string of the molecule is CCC(C)(C(C)C)N([C]=O)C(C)(CC)C(C)C. The van der Waals surface area contributed by atoms with Crippen LogP contribution in [0.2, 0.25) is 0 Å². The minimum atomic E-state index is -0.114. The van der Waals surface area contributed by atoms with Crippen molar-refractivity contribution in [1.29, 1.82) is 0 Å². The molecule has 2 atom stereocenters. The van der Waals surface area contributed by atoms with Crippen LogP contribution < -0.4 is 0 Å². The average molecular weight is 240 g/mol. The van der Waals surface area contributed by atoms with Crippen molar-refractivity contribution in [3.8, 4) is 0 Å². The first-order chi connectivity index (χ1) is 7.70. The van der Waals surface area contributed by atoms with Gasteiger partial charge in [-0.15, -0.1) is 0 Å². The third-order valence-electron chi connectivity index (χ3n) is 5.03. The second-order valence-corrected chi connectivity index (χ2v) is 6.16. The standard InChI is InChI=1S/C15H30NO/c1-9-14(7,12(3)4)16(11-17)15(8,10-2)13(5)6/h12-13H,9-10H2,1-8H3. The zero-order valence-corrected chi connectivity index (χ0v) is 12.9. The Morgan fingerprint density at radius 1 is 0.941 bits per heavy atom. The van der Waals surface area contributed by atoms with Gasteiger partial charge in [0.05, 0.1) is 0 Å². The van der Waals surface area contributed by atoms with E-state index in [1.165, 1.54) is 0 Å². The first kappa shape index (κ1) is 16.5. The molecule has 1 radical (unpaired) electrons. The second-order valence-electron chi connectivity index (χ2n) is 6.16. The summed E-state index contributed by atoms with van der Waals surface area (Å²) in [5, 5.41) is 0. The normalized spacial score (nSPS) is 18.9. The van der Waals surface area contributed by atoms with Crippen molar-refractivity contribution in [1.82, 2.24) is 4.90 Å². The molecule has 0 saturated heterocycles. The van der Waals surface area contributed by atoms with E-state index in [2.05, 4.69) is 61.8 Å². The lowest BCUT2D eigenvalue weighted by Crippen LogP contribution is -2.61. The van der Waals surface area contributed by atoms with Crippen LogP contribution in [0.15, 0.2) is 0 Å². The predicted molar refractivity (Wildman–Crippen MR) is 74.6 cm³/mol. The molecule has 0 aromatic rings. The summed E-state index contributed by atoms with van der Waals surface area (Å²) < 4.78 is 0. The monoisotopic (exact) mass is 240 g/mol. The fraction of sp³-hybridized carbons (Fsp3) is 0.933. The van der Waals surface area contributed by atoms with Gasteiger partial charge in [-0.3, -0.25) is 4.79 Å². The first-order valence-electron chi connectivity index (χ1n) is 6.88. The van der Waals surface area contributed by atoms with Gasteiger partial charge in [-0.25, -0.2) is 0 Å². The van der Waals surface area contributed by atoms with E-state index in [1.807, 2.05) is 4.90 Å². The largest absolute Gasteiger partial charge is 0.323 e. The van der Waals surface area contributed by atoms with Crippen LogP contribution in [0.25, 0.3) is 0 Å². The van der Waals surface area contributed by atoms with Crippen molar-refractivity contribution < 1.29 is 4.79 Å². The van der Waals surface area contributed by atoms with Crippen LogP contribution in [0, 0.1) is 11.8 Å². The average Bonchev–Trinajstić information content (AvgIpc) is 2.28. The van der Waals surface area contributed by atoms with Crippen molar-refractivity contribution in [3.05, 3.63) is 0 Å². The molecule has 0 fully saturated rings. The van der Waals surface area contributed by atoms with Gasteiger partial charge in [0.15, 0.2) is 0 Å². The summed E-state index contributed by atoms with van der Waals surface area (Å²) in [5.41, 5.74) is -0.229. The van der Waals surface area contributed by atoms with E-state index in [9.17, 15) is 4.79 Å². The van der Waals surface area contributed by atoms with Crippen LogP contribution >= 0.6 is 0 Å². The molecule has 17 heavy (non-hydrogen) atoms. The maximum Gasteiger partial charge on any atom is 0.313 e. The van der Waals surface area contributed by atoms with Crippen LogP contribution in [0.3, 0.4) is 0 Å². The minimum absolute atomic E-state index is 0.114. The van der Waals surface area contributed by atoms with Crippen LogP contribution in [-0.4, -0.2) is 22.4 Å². The highest BCUT2D eigenvalue weighted by Crippen LogP contribution is 2.38. The summed E-state index contributed by atoms with van der Waals surface area (Å²) in [4.78, 5) is 13.5. The van der Waals surface area contributed by atoms with Crippen molar-refractivity contribution in [2.24, 2.45) is 11.8 Å². The lowest BCUT2D eigenvalue weighted by Gasteiger charge is -2.53. The van der Waals surface area contributed by atoms with E-state index >= 15 is 0 Å². The molecule has 0 N–H and O–H groups in total. The lowest BCUT2D eigenvalue weighted by atomic mass is 9.76. The summed E-state index contributed by atoms with van der Waals surface area (Å²) in [7, 11) is 0. The summed E-state index contributed by atoms with van der Waals surface area (Å²) in [6, 6.07) is 0. The zero-order chi connectivity index (χ0) is 13.9. The molecule has 2 unspecified atom stereocenters. The van der Waals surface area contributed by atoms with Gasteiger partial charge in [-0.05, 0) is 38.5 Å². The van der Waals surface area contributed by atoms with Gasteiger partial charge in [0.1, 0.15) is 0 Å². The van der Waals surface area contributed by atoms with E-state index in [0.717, 1.165) is 12.8 Å². The predicted octanol–water partition coefficient (Wildman–Crippen LogP) is 4.01. The maximum absolute atomic E-state index is 11.5. The Morgan fingerprint density at radius 3 is 1.35 bits per heavy atom. The zero-order valence-electron chi connectivity index (χ0n) is 12.9. The van der Waals surface area contributed by atoms with Gasteiger partial charge in [-0.1, -0.05) is 41.5 Å². The summed E-state index contributed by atoms with van der Waals surface area (Å²) >= 11 is 0. The molecule has 0 aliphatic carbocycles. The Kier molecular flexibility index (Phi) is 5.70. The Balaban J connectivity index is 5.51. The molecule has 0 spiro atoms. The van der Waals surface area contributed by atoms with Gasteiger partial charge in [-0.2, -0.15) is 0 Å². The molecule has 2 heteroatoms. The number of nitrogens with zero attached hydrogens (tertiary/aromatic N) is 1. The van der Waals surface area contributed by atoms with Crippen LogP contribution in [0.5, 0.6) is 0 Å².